The van der Waals surface area contributed by atoms with Crippen LogP contribution in [0.3, 0.4) is 0 Å². The Labute approximate surface area is 115 Å². The lowest BCUT2D eigenvalue weighted by atomic mass is 10.2. The molecule has 106 valence electrons. The van der Waals surface area contributed by atoms with E-state index in [2.05, 4.69) is 5.32 Å². The minimum atomic E-state index is 0.000826. The van der Waals surface area contributed by atoms with Crippen LogP contribution >= 0.6 is 0 Å². The number of amides is 2. The Morgan fingerprint density at radius 3 is 2.58 bits per heavy atom. The van der Waals surface area contributed by atoms with E-state index in [0.717, 1.165) is 30.8 Å². The number of benzene rings is 1. The zero-order chi connectivity index (χ0) is 14.1. The lowest BCUT2D eigenvalue weighted by Gasteiger charge is -2.19. The topological polar surface area (TPSA) is 41.6 Å². The molecule has 0 atom stereocenters. The van der Waals surface area contributed by atoms with Gasteiger partial charge in [-0.3, -0.25) is 0 Å². The fraction of sp³-hybridized carbons (Fsp3) is 0.533. The van der Waals surface area contributed by atoms with Gasteiger partial charge in [-0.25, -0.2) is 4.79 Å². The minimum Gasteiger partial charge on any atom is -0.493 e. The van der Waals surface area contributed by atoms with Crippen molar-refractivity contribution in [3.8, 4) is 5.75 Å². The second kappa shape index (κ2) is 8.40. The van der Waals surface area contributed by atoms with E-state index in [4.69, 9.17) is 4.74 Å². The summed E-state index contributed by atoms with van der Waals surface area (Å²) in [6, 6.07) is 7.94. The fourth-order valence-corrected chi connectivity index (χ4v) is 1.79. The van der Waals surface area contributed by atoms with Crippen LogP contribution in [0, 0.1) is 6.92 Å². The molecule has 0 saturated heterocycles. The molecule has 0 radical (unpaired) electrons. The first-order chi connectivity index (χ1) is 9.19. The number of hydrogen-bond donors (Lipinski definition) is 1. The maximum atomic E-state index is 11.7. The zero-order valence-electron chi connectivity index (χ0n) is 12.1. The van der Waals surface area contributed by atoms with Gasteiger partial charge in [-0.05, 0) is 38.8 Å². The van der Waals surface area contributed by atoms with Gasteiger partial charge in [0.1, 0.15) is 5.75 Å². The molecule has 0 spiro atoms. The van der Waals surface area contributed by atoms with Gasteiger partial charge in [-0.2, -0.15) is 0 Å². The quantitative estimate of drug-likeness (QED) is 0.769. The molecule has 0 aliphatic rings. The van der Waals surface area contributed by atoms with Gasteiger partial charge in [0.2, 0.25) is 0 Å². The van der Waals surface area contributed by atoms with Crippen LogP contribution in [0.2, 0.25) is 0 Å². The summed E-state index contributed by atoms with van der Waals surface area (Å²) in [5, 5.41) is 2.89. The highest BCUT2D eigenvalue weighted by molar-refractivity contribution is 5.73. The van der Waals surface area contributed by atoms with Gasteiger partial charge in [-0.1, -0.05) is 18.2 Å². The van der Waals surface area contributed by atoms with Crippen LogP contribution in [-0.4, -0.2) is 37.2 Å². The molecule has 4 heteroatoms. The first-order valence-electron chi connectivity index (χ1n) is 6.90. The third-order valence-corrected chi connectivity index (χ3v) is 3.00. The van der Waals surface area contributed by atoms with E-state index in [-0.39, 0.29) is 6.03 Å². The van der Waals surface area contributed by atoms with Crippen molar-refractivity contribution >= 4 is 6.03 Å². The molecule has 2 amide bonds. The van der Waals surface area contributed by atoms with Crippen molar-refractivity contribution in [2.24, 2.45) is 0 Å². The van der Waals surface area contributed by atoms with Crippen molar-refractivity contribution in [1.29, 1.82) is 0 Å². The highest BCUT2D eigenvalue weighted by Gasteiger charge is 2.07. The summed E-state index contributed by atoms with van der Waals surface area (Å²) in [7, 11) is 0. The number of rotatable bonds is 7. The third kappa shape index (κ3) is 5.20. The average molecular weight is 264 g/mol. The summed E-state index contributed by atoms with van der Waals surface area (Å²) < 4.78 is 5.67. The number of ether oxygens (including phenoxy) is 1. The van der Waals surface area contributed by atoms with E-state index in [1.807, 2.05) is 45.0 Å². The van der Waals surface area contributed by atoms with Crippen molar-refractivity contribution in [3.63, 3.8) is 0 Å². The predicted molar refractivity (Wildman–Crippen MR) is 77.6 cm³/mol. The molecule has 1 N–H and O–H groups in total. The Morgan fingerprint density at radius 2 is 1.95 bits per heavy atom. The lowest BCUT2D eigenvalue weighted by molar-refractivity contribution is 0.202. The Morgan fingerprint density at radius 1 is 1.26 bits per heavy atom. The van der Waals surface area contributed by atoms with Gasteiger partial charge >= 0.3 is 6.03 Å². The normalized spacial score (nSPS) is 10.1. The molecule has 1 aromatic rings. The summed E-state index contributed by atoms with van der Waals surface area (Å²) in [6.07, 6.45) is 0.807. The molecule has 0 unspecified atom stereocenters. The van der Waals surface area contributed by atoms with Gasteiger partial charge in [0.05, 0.1) is 6.61 Å². The molecule has 1 aromatic carbocycles. The number of aryl methyl sites for hydroxylation is 1. The van der Waals surface area contributed by atoms with Crippen LogP contribution < -0.4 is 10.1 Å². The first-order valence-corrected chi connectivity index (χ1v) is 6.90. The smallest absolute Gasteiger partial charge is 0.317 e. The highest BCUT2D eigenvalue weighted by atomic mass is 16.5. The van der Waals surface area contributed by atoms with Gasteiger partial charge in [0.15, 0.2) is 0 Å². The van der Waals surface area contributed by atoms with Crippen LogP contribution in [0.25, 0.3) is 0 Å². The number of carbonyl (C=O) groups excluding carboxylic acids is 1. The number of nitrogens with zero attached hydrogens (tertiary/aromatic N) is 1. The van der Waals surface area contributed by atoms with Crippen LogP contribution in [0.15, 0.2) is 24.3 Å². The van der Waals surface area contributed by atoms with E-state index < -0.39 is 0 Å². The number of carbonyl (C=O) groups is 1. The molecule has 0 aliphatic heterocycles. The molecular formula is C15H24N2O2. The Hall–Kier alpha value is -1.71. The number of nitrogens with one attached hydrogen (secondary N) is 1. The van der Waals surface area contributed by atoms with Crippen molar-refractivity contribution in [2.75, 3.05) is 26.2 Å². The van der Waals surface area contributed by atoms with Crippen molar-refractivity contribution in [1.82, 2.24) is 10.2 Å². The average Bonchev–Trinajstić information content (AvgIpc) is 2.42. The summed E-state index contributed by atoms with van der Waals surface area (Å²) in [5.41, 5.74) is 1.13. The van der Waals surface area contributed by atoms with Crippen LogP contribution in [-0.2, 0) is 0 Å². The van der Waals surface area contributed by atoms with Crippen LogP contribution in [0.5, 0.6) is 5.75 Å². The Kier molecular flexibility index (Phi) is 6.79. The molecule has 4 nitrogen and oxygen atoms in total. The standard InChI is InChI=1S/C15H24N2O2/c1-4-17(5-2)15(18)16-11-8-12-19-14-10-7-6-9-13(14)3/h6-7,9-10H,4-5,8,11-12H2,1-3H3,(H,16,18). The maximum Gasteiger partial charge on any atom is 0.317 e. The number of urea groups is 1. The fourth-order valence-electron chi connectivity index (χ4n) is 1.79. The summed E-state index contributed by atoms with van der Waals surface area (Å²) >= 11 is 0. The molecule has 0 saturated carbocycles. The summed E-state index contributed by atoms with van der Waals surface area (Å²) in [4.78, 5) is 13.4. The van der Waals surface area contributed by atoms with Crippen molar-refractivity contribution < 1.29 is 9.53 Å². The lowest BCUT2D eigenvalue weighted by Crippen LogP contribution is -2.40. The van der Waals surface area contributed by atoms with Crippen molar-refractivity contribution in [3.05, 3.63) is 29.8 Å². The predicted octanol–water partition coefficient (Wildman–Crippen LogP) is 2.82. The zero-order valence-corrected chi connectivity index (χ0v) is 12.1. The van der Waals surface area contributed by atoms with E-state index >= 15 is 0 Å². The Bertz CT molecular complexity index is 389. The SMILES string of the molecule is CCN(CC)C(=O)NCCCOc1ccccc1C. The third-order valence-electron chi connectivity index (χ3n) is 3.00. The van der Waals surface area contributed by atoms with E-state index in [1.54, 1.807) is 4.90 Å². The van der Waals surface area contributed by atoms with Crippen LogP contribution in [0.1, 0.15) is 25.8 Å². The maximum absolute atomic E-state index is 11.7. The van der Waals surface area contributed by atoms with Gasteiger partial charge in [-0.15, -0.1) is 0 Å². The number of hydrogen-bond acceptors (Lipinski definition) is 2. The Balaban J connectivity index is 2.18. The molecular weight excluding hydrogens is 240 g/mol. The van der Waals surface area contributed by atoms with Gasteiger partial charge < -0.3 is 15.0 Å². The van der Waals surface area contributed by atoms with Crippen LogP contribution in [0.4, 0.5) is 4.79 Å². The van der Waals surface area contributed by atoms with E-state index in [1.165, 1.54) is 0 Å². The van der Waals surface area contributed by atoms with Gasteiger partial charge in [0, 0.05) is 19.6 Å². The van der Waals surface area contributed by atoms with Crippen molar-refractivity contribution in [2.45, 2.75) is 27.2 Å². The summed E-state index contributed by atoms with van der Waals surface area (Å²) in [5.74, 6) is 0.914. The highest BCUT2D eigenvalue weighted by Crippen LogP contribution is 2.15. The first kappa shape index (κ1) is 15.3. The monoisotopic (exact) mass is 264 g/mol. The van der Waals surface area contributed by atoms with E-state index in [9.17, 15) is 4.79 Å². The molecule has 0 aromatic heterocycles. The molecule has 0 fully saturated rings. The molecule has 0 bridgehead atoms. The minimum absolute atomic E-state index is 0.000826. The largest absolute Gasteiger partial charge is 0.493 e. The number of para-hydroxylation sites is 1. The molecule has 0 heterocycles. The second-order valence-corrected chi connectivity index (χ2v) is 4.37. The second-order valence-electron chi connectivity index (χ2n) is 4.37. The van der Waals surface area contributed by atoms with Gasteiger partial charge in [0.25, 0.3) is 0 Å². The molecule has 1 rings (SSSR count). The summed E-state index contributed by atoms with van der Waals surface area (Å²) in [6.45, 7) is 8.71. The molecule has 19 heavy (non-hydrogen) atoms. The van der Waals surface area contributed by atoms with E-state index in [0.29, 0.717) is 13.2 Å². The molecule has 0 aliphatic carbocycles.